The van der Waals surface area contributed by atoms with Crippen molar-refractivity contribution in [2.24, 2.45) is 0 Å². The number of imide groups is 1. The van der Waals surface area contributed by atoms with E-state index in [0.29, 0.717) is 11.4 Å². The first-order chi connectivity index (χ1) is 8.06. The van der Waals surface area contributed by atoms with Crippen LogP contribution in [0.15, 0.2) is 24.3 Å². The van der Waals surface area contributed by atoms with Crippen molar-refractivity contribution in [3.8, 4) is 0 Å². The van der Waals surface area contributed by atoms with Crippen molar-refractivity contribution in [2.75, 3.05) is 24.5 Å². The smallest absolute Gasteiger partial charge is 0.330 e. The minimum atomic E-state index is -0.551. The first-order valence-electron chi connectivity index (χ1n) is 4.99. The Morgan fingerprint density at radius 2 is 2.18 bits per heavy atom. The molecule has 6 heteroatoms. The lowest BCUT2D eigenvalue weighted by Gasteiger charge is -2.19. The summed E-state index contributed by atoms with van der Waals surface area (Å²) in [6, 6.07) is 5.97. The van der Waals surface area contributed by atoms with E-state index in [1.807, 2.05) is 0 Å². The van der Waals surface area contributed by atoms with Gasteiger partial charge in [0.15, 0.2) is 0 Å². The number of ether oxygens (including phenoxy) is 1. The Morgan fingerprint density at radius 3 is 2.71 bits per heavy atom. The van der Waals surface area contributed by atoms with Gasteiger partial charge in [0.2, 0.25) is 5.91 Å². The van der Waals surface area contributed by atoms with Gasteiger partial charge in [-0.25, -0.2) is 9.69 Å². The lowest BCUT2D eigenvalue weighted by molar-refractivity contribution is -0.115. The largest absolute Gasteiger partial charge is 0.399 e. The first kappa shape index (κ1) is 13.0. The zero-order valence-electron chi connectivity index (χ0n) is 9.77. The van der Waals surface area contributed by atoms with Crippen LogP contribution in [-0.4, -0.2) is 25.8 Å². The lowest BCUT2D eigenvalue weighted by Crippen LogP contribution is -2.43. The number of nitrogens with one attached hydrogen (secondary N) is 1. The highest BCUT2D eigenvalue weighted by molar-refractivity contribution is 6.13. The van der Waals surface area contributed by atoms with Gasteiger partial charge < -0.3 is 15.8 Å². The summed E-state index contributed by atoms with van der Waals surface area (Å²) in [7, 11) is 1.44. The van der Waals surface area contributed by atoms with Crippen LogP contribution in [0.2, 0.25) is 0 Å². The van der Waals surface area contributed by atoms with Gasteiger partial charge >= 0.3 is 6.03 Å². The molecule has 0 aliphatic carbocycles. The zero-order chi connectivity index (χ0) is 12.8. The highest BCUT2D eigenvalue weighted by Crippen LogP contribution is 2.17. The monoisotopic (exact) mass is 237 g/mol. The third-order valence-corrected chi connectivity index (χ3v) is 2.01. The maximum absolute atomic E-state index is 11.7. The van der Waals surface area contributed by atoms with Crippen molar-refractivity contribution in [3.63, 3.8) is 0 Å². The SMILES string of the molecule is COCNC(=O)N(C(C)=O)c1cccc(N)c1. The Hall–Kier alpha value is -2.08. The van der Waals surface area contributed by atoms with Crippen molar-refractivity contribution < 1.29 is 14.3 Å². The normalized spacial score (nSPS) is 9.76. The van der Waals surface area contributed by atoms with E-state index in [2.05, 4.69) is 5.32 Å². The molecule has 3 amide bonds. The Bertz CT molecular complexity index is 420. The Balaban J connectivity index is 2.93. The lowest BCUT2D eigenvalue weighted by atomic mass is 10.2. The molecule has 0 unspecified atom stereocenters. The maximum Gasteiger partial charge on any atom is 0.330 e. The predicted octanol–water partition coefficient (Wildman–Crippen LogP) is 0.935. The number of hydrogen-bond acceptors (Lipinski definition) is 4. The minimum Gasteiger partial charge on any atom is -0.399 e. The second kappa shape index (κ2) is 5.86. The van der Waals surface area contributed by atoms with Crippen molar-refractivity contribution in [1.29, 1.82) is 0 Å². The molecule has 0 aromatic heterocycles. The number of rotatable bonds is 3. The zero-order valence-corrected chi connectivity index (χ0v) is 9.77. The third kappa shape index (κ3) is 3.46. The van der Waals surface area contributed by atoms with E-state index in [9.17, 15) is 9.59 Å². The fourth-order valence-electron chi connectivity index (χ4n) is 1.32. The molecule has 0 fully saturated rings. The van der Waals surface area contributed by atoms with Crippen molar-refractivity contribution in [1.82, 2.24) is 5.32 Å². The standard InChI is InChI=1S/C11H15N3O3/c1-8(15)14(11(16)13-7-17-2)10-5-3-4-9(12)6-10/h3-6H,7,12H2,1-2H3,(H,13,16). The van der Waals surface area contributed by atoms with E-state index < -0.39 is 11.9 Å². The van der Waals surface area contributed by atoms with E-state index in [1.165, 1.54) is 14.0 Å². The number of benzene rings is 1. The Labute approximate surface area is 99.3 Å². The molecule has 6 nitrogen and oxygen atoms in total. The van der Waals surface area contributed by atoms with Gasteiger partial charge in [-0.05, 0) is 18.2 Å². The average molecular weight is 237 g/mol. The maximum atomic E-state index is 11.7. The molecular weight excluding hydrogens is 222 g/mol. The van der Waals surface area contributed by atoms with Crippen LogP contribution in [0.4, 0.5) is 16.2 Å². The van der Waals surface area contributed by atoms with Crippen LogP contribution in [0.1, 0.15) is 6.92 Å². The first-order valence-corrected chi connectivity index (χ1v) is 4.99. The summed E-state index contributed by atoms with van der Waals surface area (Å²) in [5.41, 5.74) is 6.50. The van der Waals surface area contributed by atoms with Crippen LogP contribution < -0.4 is 16.0 Å². The van der Waals surface area contributed by atoms with Gasteiger partial charge in [-0.2, -0.15) is 0 Å². The molecule has 17 heavy (non-hydrogen) atoms. The Kier molecular flexibility index (Phi) is 4.47. The quantitative estimate of drug-likeness (QED) is 0.605. The molecular formula is C11H15N3O3. The van der Waals surface area contributed by atoms with E-state index in [4.69, 9.17) is 10.5 Å². The molecule has 3 N–H and O–H groups in total. The highest BCUT2D eigenvalue weighted by Gasteiger charge is 2.19. The minimum absolute atomic E-state index is 0.0327. The number of amides is 3. The molecule has 0 radical (unpaired) electrons. The molecule has 1 aromatic carbocycles. The van der Waals surface area contributed by atoms with Crippen LogP contribution in [0.5, 0.6) is 0 Å². The van der Waals surface area contributed by atoms with Gasteiger partial charge in [0.1, 0.15) is 6.73 Å². The van der Waals surface area contributed by atoms with Gasteiger partial charge in [-0.3, -0.25) is 4.79 Å². The summed E-state index contributed by atoms with van der Waals surface area (Å²) in [6.07, 6.45) is 0. The number of anilines is 2. The summed E-state index contributed by atoms with van der Waals surface area (Å²) in [5.74, 6) is -0.399. The van der Waals surface area contributed by atoms with Gasteiger partial charge in [-0.15, -0.1) is 0 Å². The Morgan fingerprint density at radius 1 is 1.47 bits per heavy atom. The summed E-state index contributed by atoms with van der Waals surface area (Å²) in [5, 5.41) is 2.43. The van der Waals surface area contributed by atoms with Crippen LogP contribution >= 0.6 is 0 Å². The van der Waals surface area contributed by atoms with Gasteiger partial charge in [0.05, 0.1) is 5.69 Å². The van der Waals surface area contributed by atoms with E-state index in [-0.39, 0.29) is 6.73 Å². The molecule has 0 aliphatic rings. The molecule has 92 valence electrons. The van der Waals surface area contributed by atoms with Crippen molar-refractivity contribution >= 4 is 23.3 Å². The second-order valence-electron chi connectivity index (χ2n) is 3.36. The topological polar surface area (TPSA) is 84.7 Å². The van der Waals surface area contributed by atoms with Crippen LogP contribution in [0.25, 0.3) is 0 Å². The van der Waals surface area contributed by atoms with E-state index in [1.54, 1.807) is 24.3 Å². The van der Waals surface area contributed by atoms with Crippen molar-refractivity contribution in [2.45, 2.75) is 6.92 Å². The van der Waals surface area contributed by atoms with Crippen LogP contribution in [0, 0.1) is 0 Å². The molecule has 0 spiro atoms. The van der Waals surface area contributed by atoms with Crippen LogP contribution in [0.3, 0.4) is 0 Å². The van der Waals surface area contributed by atoms with Crippen LogP contribution in [-0.2, 0) is 9.53 Å². The van der Waals surface area contributed by atoms with Gasteiger partial charge in [-0.1, -0.05) is 6.07 Å². The molecule has 0 saturated heterocycles. The molecule has 0 bridgehead atoms. The molecule has 0 aliphatic heterocycles. The van der Waals surface area contributed by atoms with Gasteiger partial charge in [0.25, 0.3) is 0 Å². The highest BCUT2D eigenvalue weighted by atomic mass is 16.5. The molecule has 0 saturated carbocycles. The van der Waals surface area contributed by atoms with E-state index >= 15 is 0 Å². The fraction of sp³-hybridized carbons (Fsp3) is 0.273. The number of nitrogens with two attached hydrogens (primary N) is 1. The fourth-order valence-corrected chi connectivity index (χ4v) is 1.32. The summed E-state index contributed by atoms with van der Waals surface area (Å²) < 4.78 is 4.71. The number of nitrogens with zero attached hydrogens (tertiary/aromatic N) is 1. The summed E-state index contributed by atoms with van der Waals surface area (Å²) >= 11 is 0. The second-order valence-corrected chi connectivity index (χ2v) is 3.36. The molecule has 1 rings (SSSR count). The molecule has 0 heterocycles. The van der Waals surface area contributed by atoms with Crippen molar-refractivity contribution in [3.05, 3.63) is 24.3 Å². The predicted molar refractivity (Wildman–Crippen MR) is 64.4 cm³/mol. The third-order valence-electron chi connectivity index (χ3n) is 2.01. The average Bonchev–Trinajstić information content (AvgIpc) is 2.26. The number of hydrogen-bond donors (Lipinski definition) is 2. The molecule has 0 atom stereocenters. The van der Waals surface area contributed by atoms with Gasteiger partial charge in [0, 0.05) is 19.7 Å². The number of urea groups is 1. The number of carbonyl (C=O) groups excluding carboxylic acids is 2. The summed E-state index contributed by atoms with van der Waals surface area (Å²) in [4.78, 5) is 24.2. The number of nitrogen functional groups attached to an aromatic ring is 1. The number of methoxy groups -OCH3 is 1. The van der Waals surface area contributed by atoms with E-state index in [0.717, 1.165) is 4.90 Å². The number of carbonyl (C=O) groups is 2. The summed E-state index contributed by atoms with van der Waals surface area (Å²) in [6.45, 7) is 1.33. The molecule has 1 aromatic rings.